The van der Waals surface area contributed by atoms with Crippen LogP contribution in [0.4, 0.5) is 4.79 Å². The zero-order chi connectivity index (χ0) is 21.8. The second-order valence-electron chi connectivity index (χ2n) is 6.96. The fourth-order valence-corrected chi connectivity index (χ4v) is 4.20. The monoisotopic (exact) mass is 430 g/mol. The number of aromatic amines is 1. The number of para-hydroxylation sites is 1. The lowest BCUT2D eigenvalue weighted by Gasteiger charge is -2.12. The summed E-state index contributed by atoms with van der Waals surface area (Å²) in [6.07, 6.45) is 4.10. The predicted molar refractivity (Wildman–Crippen MR) is 119 cm³/mol. The lowest BCUT2D eigenvalue weighted by molar-refractivity contribution is -0.129. The number of nitrogens with one attached hydrogen (secondary N) is 2. The van der Waals surface area contributed by atoms with Gasteiger partial charge in [-0.3, -0.25) is 19.3 Å². The number of nitriles is 1. The van der Waals surface area contributed by atoms with Crippen molar-refractivity contribution in [2.45, 2.75) is 6.42 Å². The van der Waals surface area contributed by atoms with Crippen LogP contribution in [0.25, 0.3) is 17.0 Å². The van der Waals surface area contributed by atoms with Gasteiger partial charge in [0.2, 0.25) is 5.91 Å². The number of carbonyl (C=O) groups is 3. The quantitative estimate of drug-likeness (QED) is 0.583. The average molecular weight is 430 g/mol. The number of hydrogen-bond donors (Lipinski definition) is 2. The molecule has 2 heterocycles. The Hall–Kier alpha value is -3.83. The van der Waals surface area contributed by atoms with Gasteiger partial charge in [0.05, 0.1) is 16.5 Å². The molecule has 3 amide bonds. The molecule has 0 radical (unpaired) electrons. The van der Waals surface area contributed by atoms with Gasteiger partial charge in [0.1, 0.15) is 6.54 Å². The number of fused-ring (bicyclic) bond motifs is 1. The van der Waals surface area contributed by atoms with Gasteiger partial charge < -0.3 is 10.3 Å². The van der Waals surface area contributed by atoms with Crippen LogP contribution in [0.15, 0.2) is 59.6 Å². The van der Waals surface area contributed by atoms with Gasteiger partial charge in [-0.15, -0.1) is 0 Å². The first-order chi connectivity index (χ1) is 15.0. The lowest BCUT2D eigenvalue weighted by atomic mass is 10.1. The minimum Gasteiger partial charge on any atom is -0.361 e. The van der Waals surface area contributed by atoms with Gasteiger partial charge in [0.25, 0.3) is 11.1 Å². The summed E-state index contributed by atoms with van der Waals surface area (Å²) in [5, 5.41) is 12.4. The molecule has 1 saturated heterocycles. The molecule has 154 valence electrons. The third-order valence-electron chi connectivity index (χ3n) is 4.88. The SMILES string of the molecule is N#Cc1cccc(/C=C2\SC(=O)N(CC(=O)NCCc3c[nH]c4ccccc34)C2=O)c1. The normalized spacial score (nSPS) is 14.9. The Balaban J connectivity index is 1.34. The summed E-state index contributed by atoms with van der Waals surface area (Å²) in [5.41, 5.74) is 3.23. The molecule has 1 aromatic heterocycles. The number of H-pyrrole nitrogens is 1. The van der Waals surface area contributed by atoms with E-state index in [-0.39, 0.29) is 11.4 Å². The molecule has 1 fully saturated rings. The molecule has 1 aliphatic heterocycles. The highest BCUT2D eigenvalue weighted by atomic mass is 32.2. The minimum atomic E-state index is -0.510. The van der Waals surface area contributed by atoms with E-state index in [1.807, 2.05) is 36.5 Å². The van der Waals surface area contributed by atoms with Crippen LogP contribution >= 0.6 is 11.8 Å². The minimum absolute atomic E-state index is 0.228. The van der Waals surface area contributed by atoms with E-state index in [2.05, 4.69) is 10.3 Å². The number of carbonyl (C=O) groups excluding carboxylic acids is 3. The van der Waals surface area contributed by atoms with Crippen molar-refractivity contribution >= 4 is 45.8 Å². The maximum absolute atomic E-state index is 12.6. The summed E-state index contributed by atoms with van der Waals surface area (Å²) in [6, 6.07) is 16.7. The molecule has 4 rings (SSSR count). The third-order valence-corrected chi connectivity index (χ3v) is 5.79. The molecule has 3 aromatic rings. The number of rotatable bonds is 6. The largest absolute Gasteiger partial charge is 0.361 e. The van der Waals surface area contributed by atoms with E-state index in [0.29, 0.717) is 24.1 Å². The van der Waals surface area contributed by atoms with Crippen LogP contribution in [-0.4, -0.2) is 40.0 Å². The Morgan fingerprint density at radius 2 is 2.03 bits per heavy atom. The fraction of sp³-hybridized carbons (Fsp3) is 0.130. The molecule has 0 aliphatic carbocycles. The summed E-state index contributed by atoms with van der Waals surface area (Å²) in [5.74, 6) is -0.904. The van der Waals surface area contributed by atoms with E-state index < -0.39 is 17.1 Å². The second-order valence-corrected chi connectivity index (χ2v) is 7.96. The molecule has 0 unspecified atom stereocenters. The molecular formula is C23H18N4O3S. The summed E-state index contributed by atoms with van der Waals surface area (Å²) >= 11 is 0.787. The van der Waals surface area contributed by atoms with E-state index in [1.54, 1.807) is 30.3 Å². The number of imide groups is 1. The van der Waals surface area contributed by atoms with Gasteiger partial charge in [-0.2, -0.15) is 5.26 Å². The Bertz CT molecular complexity index is 1250. The van der Waals surface area contributed by atoms with Gasteiger partial charge in [-0.1, -0.05) is 30.3 Å². The van der Waals surface area contributed by atoms with Gasteiger partial charge in [-0.05, 0) is 53.6 Å². The van der Waals surface area contributed by atoms with E-state index in [0.717, 1.165) is 33.1 Å². The Morgan fingerprint density at radius 1 is 1.19 bits per heavy atom. The Labute approximate surface area is 182 Å². The highest BCUT2D eigenvalue weighted by Gasteiger charge is 2.36. The van der Waals surface area contributed by atoms with Crippen LogP contribution in [0.5, 0.6) is 0 Å². The van der Waals surface area contributed by atoms with Gasteiger partial charge in [-0.25, -0.2) is 0 Å². The van der Waals surface area contributed by atoms with Gasteiger partial charge in [0, 0.05) is 23.6 Å². The first-order valence-electron chi connectivity index (χ1n) is 9.62. The highest BCUT2D eigenvalue weighted by Crippen LogP contribution is 2.32. The summed E-state index contributed by atoms with van der Waals surface area (Å²) < 4.78 is 0. The molecular weight excluding hydrogens is 412 g/mol. The highest BCUT2D eigenvalue weighted by molar-refractivity contribution is 8.18. The van der Waals surface area contributed by atoms with Crippen LogP contribution in [0.2, 0.25) is 0 Å². The standard InChI is InChI=1S/C23H18N4O3S/c24-12-16-5-3-4-15(10-16)11-20-22(29)27(23(30)31-20)14-21(28)25-9-8-17-13-26-19-7-2-1-6-18(17)19/h1-7,10-11,13,26H,8-9,14H2,(H,25,28)/b20-11-. The molecule has 2 aromatic carbocycles. The maximum atomic E-state index is 12.6. The van der Waals surface area contributed by atoms with Crippen LogP contribution in [-0.2, 0) is 16.0 Å². The van der Waals surface area contributed by atoms with Crippen molar-refractivity contribution < 1.29 is 14.4 Å². The van der Waals surface area contributed by atoms with Gasteiger partial charge >= 0.3 is 0 Å². The summed E-state index contributed by atoms with van der Waals surface area (Å²) in [4.78, 5) is 41.5. The van der Waals surface area contributed by atoms with Crippen LogP contribution in [0.3, 0.4) is 0 Å². The zero-order valence-corrected chi connectivity index (χ0v) is 17.2. The number of aromatic nitrogens is 1. The zero-order valence-electron chi connectivity index (χ0n) is 16.4. The first-order valence-corrected chi connectivity index (χ1v) is 10.4. The third kappa shape index (κ3) is 4.52. The summed E-state index contributed by atoms with van der Waals surface area (Å²) in [7, 11) is 0. The van der Waals surface area contributed by atoms with Crippen molar-refractivity contribution in [1.82, 2.24) is 15.2 Å². The number of nitrogens with zero attached hydrogens (tertiary/aromatic N) is 2. The molecule has 0 bridgehead atoms. The van der Waals surface area contributed by atoms with E-state index in [9.17, 15) is 14.4 Å². The van der Waals surface area contributed by atoms with Crippen molar-refractivity contribution in [3.8, 4) is 6.07 Å². The Kier molecular flexibility index (Phi) is 5.87. The van der Waals surface area contributed by atoms with Crippen molar-refractivity contribution in [3.63, 3.8) is 0 Å². The molecule has 0 spiro atoms. The maximum Gasteiger partial charge on any atom is 0.294 e. The van der Waals surface area contributed by atoms with Crippen molar-refractivity contribution in [3.05, 3.63) is 76.3 Å². The Morgan fingerprint density at radius 3 is 2.87 bits per heavy atom. The smallest absolute Gasteiger partial charge is 0.294 e. The van der Waals surface area contributed by atoms with Gasteiger partial charge in [0.15, 0.2) is 0 Å². The summed E-state index contributed by atoms with van der Waals surface area (Å²) in [6.45, 7) is 0.0712. The van der Waals surface area contributed by atoms with Crippen molar-refractivity contribution in [1.29, 1.82) is 5.26 Å². The second kappa shape index (κ2) is 8.90. The number of amides is 3. The lowest BCUT2D eigenvalue weighted by Crippen LogP contribution is -2.40. The molecule has 1 aliphatic rings. The van der Waals surface area contributed by atoms with Crippen LogP contribution in [0.1, 0.15) is 16.7 Å². The number of benzene rings is 2. The fourth-order valence-electron chi connectivity index (χ4n) is 3.36. The number of hydrogen-bond acceptors (Lipinski definition) is 5. The topological polar surface area (TPSA) is 106 Å². The molecule has 31 heavy (non-hydrogen) atoms. The molecule has 7 nitrogen and oxygen atoms in total. The van der Waals surface area contributed by atoms with E-state index in [4.69, 9.17) is 5.26 Å². The van der Waals surface area contributed by atoms with Crippen LogP contribution < -0.4 is 5.32 Å². The van der Waals surface area contributed by atoms with Crippen molar-refractivity contribution in [2.75, 3.05) is 13.1 Å². The average Bonchev–Trinajstić information content (AvgIpc) is 3.30. The molecule has 0 saturated carbocycles. The van der Waals surface area contributed by atoms with E-state index in [1.165, 1.54) is 0 Å². The predicted octanol–water partition coefficient (Wildman–Crippen LogP) is 3.43. The number of thioether (sulfide) groups is 1. The molecule has 8 heteroatoms. The first kappa shape index (κ1) is 20.4. The molecule has 2 N–H and O–H groups in total. The van der Waals surface area contributed by atoms with Crippen LogP contribution in [0, 0.1) is 11.3 Å². The van der Waals surface area contributed by atoms with E-state index >= 15 is 0 Å². The van der Waals surface area contributed by atoms with Crippen molar-refractivity contribution in [2.24, 2.45) is 0 Å². The molecule has 0 atom stereocenters.